The van der Waals surface area contributed by atoms with Crippen molar-refractivity contribution in [2.75, 3.05) is 5.75 Å². The minimum Gasteiger partial charge on any atom is -0.478 e. The van der Waals surface area contributed by atoms with Gasteiger partial charge in [0.2, 0.25) is 0 Å². The first-order chi connectivity index (χ1) is 7.29. The first-order valence-electron chi connectivity index (χ1n) is 4.08. The molecule has 1 atom stereocenters. The van der Waals surface area contributed by atoms with E-state index in [4.69, 9.17) is 5.11 Å². The van der Waals surface area contributed by atoms with Crippen LogP contribution in [0, 0.1) is 0 Å². The predicted octanol–water partition coefficient (Wildman–Crippen LogP) is 2.05. The number of carboxylic acids is 1. The topological polar surface area (TPSA) is 54.4 Å². The molecule has 3 nitrogen and oxygen atoms in total. The Labute approximate surface area is 91.4 Å². The second-order valence-corrected chi connectivity index (χ2v) is 4.39. The van der Waals surface area contributed by atoms with E-state index in [1.54, 1.807) is 0 Å². The Morgan fingerprint density at radius 3 is 2.50 bits per heavy atom. The lowest BCUT2D eigenvalue weighted by atomic mass is 10.2. The molecule has 1 N–H and O–H groups in total. The highest BCUT2D eigenvalue weighted by molar-refractivity contribution is 7.85. The van der Waals surface area contributed by atoms with Crippen LogP contribution >= 0.6 is 0 Å². The third-order valence-electron chi connectivity index (χ3n) is 1.64. The molecule has 7 heteroatoms. The third kappa shape index (κ3) is 3.65. The fourth-order valence-electron chi connectivity index (χ4n) is 1.00. The highest BCUT2D eigenvalue weighted by Gasteiger charge is 2.31. The largest absolute Gasteiger partial charge is 0.478 e. The Hall–Kier alpha value is -1.37. The quantitative estimate of drug-likeness (QED) is 0.895. The van der Waals surface area contributed by atoms with Gasteiger partial charge in [-0.05, 0) is 18.2 Å². The fourth-order valence-corrected chi connectivity index (χ4v) is 1.96. The number of hydrogen-bond acceptors (Lipinski definition) is 2. The maximum absolute atomic E-state index is 11.9. The van der Waals surface area contributed by atoms with Gasteiger partial charge in [-0.2, -0.15) is 13.2 Å². The second kappa shape index (κ2) is 4.65. The van der Waals surface area contributed by atoms with Crippen molar-refractivity contribution in [3.63, 3.8) is 0 Å². The smallest absolute Gasteiger partial charge is 0.400 e. The van der Waals surface area contributed by atoms with Gasteiger partial charge in [0.05, 0.1) is 16.4 Å². The van der Waals surface area contributed by atoms with E-state index < -0.39 is 28.7 Å². The Morgan fingerprint density at radius 1 is 1.38 bits per heavy atom. The summed E-state index contributed by atoms with van der Waals surface area (Å²) < 4.78 is 47.1. The number of aromatic carboxylic acids is 1. The summed E-state index contributed by atoms with van der Waals surface area (Å²) >= 11 is 0. The Balaban J connectivity index is 2.92. The molecule has 0 spiro atoms. The lowest BCUT2D eigenvalue weighted by molar-refractivity contribution is -0.105. The molecule has 0 amide bonds. The number of hydrogen-bond donors (Lipinski definition) is 1. The predicted molar refractivity (Wildman–Crippen MR) is 50.7 cm³/mol. The van der Waals surface area contributed by atoms with E-state index in [2.05, 4.69) is 0 Å². The molecule has 88 valence electrons. The molecule has 0 radical (unpaired) electrons. The van der Waals surface area contributed by atoms with Gasteiger partial charge in [0.1, 0.15) is 5.75 Å². The van der Waals surface area contributed by atoms with Crippen LogP contribution in [0.2, 0.25) is 0 Å². The SMILES string of the molecule is O=C(O)c1cccc(S(=O)CC(F)(F)F)c1. The molecular formula is C9H7F3O3S. The lowest BCUT2D eigenvalue weighted by Crippen LogP contribution is -2.18. The van der Waals surface area contributed by atoms with Gasteiger partial charge in [0, 0.05) is 4.90 Å². The van der Waals surface area contributed by atoms with Crippen LogP contribution in [0.1, 0.15) is 10.4 Å². The van der Waals surface area contributed by atoms with E-state index in [-0.39, 0.29) is 10.5 Å². The molecule has 0 fully saturated rings. The van der Waals surface area contributed by atoms with E-state index in [0.29, 0.717) is 0 Å². The van der Waals surface area contributed by atoms with Crippen molar-refractivity contribution in [2.45, 2.75) is 11.1 Å². The molecule has 0 aromatic heterocycles. The summed E-state index contributed by atoms with van der Waals surface area (Å²) in [6.45, 7) is 0. The van der Waals surface area contributed by atoms with Gasteiger partial charge in [-0.1, -0.05) is 6.07 Å². The summed E-state index contributed by atoms with van der Waals surface area (Å²) in [6, 6.07) is 4.65. The average Bonchev–Trinajstić information content (AvgIpc) is 2.15. The van der Waals surface area contributed by atoms with Gasteiger partial charge in [-0.15, -0.1) is 0 Å². The average molecular weight is 252 g/mol. The van der Waals surface area contributed by atoms with E-state index in [0.717, 1.165) is 6.07 Å². The van der Waals surface area contributed by atoms with Crippen LogP contribution in [0.25, 0.3) is 0 Å². The van der Waals surface area contributed by atoms with Crippen molar-refractivity contribution in [2.24, 2.45) is 0 Å². The highest BCUT2D eigenvalue weighted by atomic mass is 32.2. The normalized spacial score (nSPS) is 13.4. The molecule has 0 bridgehead atoms. The van der Waals surface area contributed by atoms with Crippen molar-refractivity contribution in [1.82, 2.24) is 0 Å². The van der Waals surface area contributed by atoms with Gasteiger partial charge < -0.3 is 5.11 Å². The minimum absolute atomic E-state index is 0.141. The van der Waals surface area contributed by atoms with Crippen molar-refractivity contribution in [3.05, 3.63) is 29.8 Å². The van der Waals surface area contributed by atoms with Crippen LogP contribution in [0.4, 0.5) is 13.2 Å². The number of carboxylic acid groups (broad SMARTS) is 1. The number of carbonyl (C=O) groups is 1. The summed E-state index contributed by atoms with van der Waals surface area (Å²) in [5, 5.41) is 8.60. The first-order valence-corrected chi connectivity index (χ1v) is 5.40. The Bertz CT molecular complexity index is 428. The molecule has 0 saturated carbocycles. The zero-order valence-corrected chi connectivity index (χ0v) is 8.64. The minimum atomic E-state index is -4.54. The second-order valence-electron chi connectivity index (χ2n) is 2.94. The highest BCUT2D eigenvalue weighted by Crippen LogP contribution is 2.20. The van der Waals surface area contributed by atoms with E-state index >= 15 is 0 Å². The summed E-state index contributed by atoms with van der Waals surface area (Å²) in [4.78, 5) is 10.4. The van der Waals surface area contributed by atoms with Crippen molar-refractivity contribution < 1.29 is 27.3 Å². The maximum atomic E-state index is 11.9. The number of rotatable bonds is 3. The van der Waals surface area contributed by atoms with Crippen LogP contribution in [0.3, 0.4) is 0 Å². The zero-order valence-electron chi connectivity index (χ0n) is 7.82. The van der Waals surface area contributed by atoms with Gasteiger partial charge >= 0.3 is 12.1 Å². The number of benzene rings is 1. The van der Waals surface area contributed by atoms with Gasteiger partial charge in [0.25, 0.3) is 0 Å². The number of halogens is 3. The molecular weight excluding hydrogens is 245 g/mol. The molecule has 0 heterocycles. The maximum Gasteiger partial charge on any atom is 0.400 e. The standard InChI is InChI=1S/C9H7F3O3S/c10-9(11,12)5-16(15)7-3-1-2-6(4-7)8(13)14/h1-4H,5H2,(H,13,14). The molecule has 1 aromatic carbocycles. The van der Waals surface area contributed by atoms with Crippen molar-refractivity contribution in [1.29, 1.82) is 0 Å². The molecule has 0 aliphatic heterocycles. The molecule has 0 aliphatic rings. The van der Waals surface area contributed by atoms with Crippen LogP contribution in [0.15, 0.2) is 29.2 Å². The monoisotopic (exact) mass is 252 g/mol. The molecule has 0 aliphatic carbocycles. The zero-order chi connectivity index (χ0) is 12.3. The molecule has 0 saturated heterocycles. The summed E-state index contributed by atoms with van der Waals surface area (Å²) in [5.41, 5.74) is -0.187. The molecule has 1 unspecified atom stereocenters. The molecule has 1 aromatic rings. The van der Waals surface area contributed by atoms with Crippen molar-refractivity contribution >= 4 is 16.8 Å². The molecule has 1 rings (SSSR count). The van der Waals surface area contributed by atoms with Gasteiger partial charge in [-0.3, -0.25) is 4.21 Å². The van der Waals surface area contributed by atoms with Crippen LogP contribution < -0.4 is 0 Å². The van der Waals surface area contributed by atoms with Gasteiger partial charge in [-0.25, -0.2) is 4.79 Å². The van der Waals surface area contributed by atoms with E-state index in [9.17, 15) is 22.2 Å². The van der Waals surface area contributed by atoms with E-state index in [1.165, 1.54) is 18.2 Å². The van der Waals surface area contributed by atoms with Crippen LogP contribution in [-0.4, -0.2) is 27.2 Å². The molecule has 16 heavy (non-hydrogen) atoms. The summed E-state index contributed by atoms with van der Waals surface area (Å²) in [6.07, 6.45) is -4.54. The summed E-state index contributed by atoms with van der Waals surface area (Å²) in [7, 11) is -2.27. The Kier molecular flexibility index (Phi) is 3.69. The first kappa shape index (κ1) is 12.7. The summed E-state index contributed by atoms with van der Waals surface area (Å²) in [5.74, 6) is -2.75. The van der Waals surface area contributed by atoms with E-state index in [1.807, 2.05) is 0 Å². The van der Waals surface area contributed by atoms with Crippen LogP contribution in [0.5, 0.6) is 0 Å². The third-order valence-corrected chi connectivity index (χ3v) is 3.01. The Morgan fingerprint density at radius 2 is 2.00 bits per heavy atom. The number of alkyl halides is 3. The van der Waals surface area contributed by atoms with Crippen molar-refractivity contribution in [3.8, 4) is 0 Å². The fraction of sp³-hybridized carbons (Fsp3) is 0.222. The lowest BCUT2D eigenvalue weighted by Gasteiger charge is -2.06. The van der Waals surface area contributed by atoms with Gasteiger partial charge in [0.15, 0.2) is 0 Å². The van der Waals surface area contributed by atoms with Crippen LogP contribution in [-0.2, 0) is 10.8 Å².